The van der Waals surface area contributed by atoms with Crippen molar-refractivity contribution in [1.29, 1.82) is 0 Å². The number of nitrogens with one attached hydrogen (secondary N) is 1. The van der Waals surface area contributed by atoms with Gasteiger partial charge in [0, 0.05) is 24.8 Å². The van der Waals surface area contributed by atoms with Crippen molar-refractivity contribution in [3.8, 4) is 0 Å². The van der Waals surface area contributed by atoms with Gasteiger partial charge in [-0.1, -0.05) is 13.8 Å². The molecule has 1 amide bonds. The van der Waals surface area contributed by atoms with Crippen LogP contribution in [0.25, 0.3) is 0 Å². The fourth-order valence-electron chi connectivity index (χ4n) is 2.28. The first kappa shape index (κ1) is 15.0. The van der Waals surface area contributed by atoms with Crippen molar-refractivity contribution < 1.29 is 4.79 Å². The monoisotopic (exact) mass is 272 g/mol. The largest absolute Gasteiger partial charge is 0.338 e. The topological polar surface area (TPSA) is 75.0 Å². The number of halogens is 1. The Morgan fingerprint density at radius 3 is 2.78 bits per heavy atom. The van der Waals surface area contributed by atoms with Gasteiger partial charge in [0.15, 0.2) is 0 Å². The predicted molar refractivity (Wildman–Crippen MR) is 72.8 cm³/mol. The summed E-state index contributed by atoms with van der Waals surface area (Å²) in [6.07, 6.45) is 2.45. The maximum absolute atomic E-state index is 12.3. The Morgan fingerprint density at radius 1 is 1.61 bits per heavy atom. The van der Waals surface area contributed by atoms with Crippen LogP contribution in [0.4, 0.5) is 0 Å². The second kappa shape index (κ2) is 5.28. The van der Waals surface area contributed by atoms with E-state index in [1.807, 2.05) is 11.8 Å². The number of likely N-dealkylation sites (tertiary alicyclic amines) is 1. The molecule has 2 rings (SSSR count). The molecule has 1 aliphatic rings. The second-order valence-corrected chi connectivity index (χ2v) is 5.52. The number of aromatic amines is 1. The molecule has 6 heteroatoms. The van der Waals surface area contributed by atoms with Crippen molar-refractivity contribution in [2.24, 2.45) is 11.1 Å². The maximum Gasteiger partial charge on any atom is 0.257 e. The zero-order chi connectivity index (χ0) is 12.6. The number of nitrogens with zero attached hydrogens (tertiary/aromatic N) is 2. The summed E-state index contributed by atoms with van der Waals surface area (Å²) in [4.78, 5) is 14.2. The molecule has 1 aromatic heterocycles. The number of amides is 1. The van der Waals surface area contributed by atoms with Gasteiger partial charge in [-0.2, -0.15) is 5.10 Å². The first-order valence-corrected chi connectivity index (χ1v) is 5.96. The molecule has 0 radical (unpaired) electrons. The molecule has 0 bridgehead atoms. The molecule has 0 aliphatic carbocycles. The first-order chi connectivity index (χ1) is 7.92. The van der Waals surface area contributed by atoms with Crippen LogP contribution in [0.2, 0.25) is 0 Å². The number of aromatic nitrogens is 2. The summed E-state index contributed by atoms with van der Waals surface area (Å²) < 4.78 is 0. The molecule has 0 saturated carbocycles. The van der Waals surface area contributed by atoms with E-state index in [-0.39, 0.29) is 29.8 Å². The van der Waals surface area contributed by atoms with Gasteiger partial charge in [-0.05, 0) is 18.8 Å². The molecule has 1 aliphatic heterocycles. The lowest BCUT2D eigenvalue weighted by Crippen LogP contribution is -2.54. The van der Waals surface area contributed by atoms with Crippen LogP contribution < -0.4 is 5.73 Å². The molecule has 0 spiro atoms. The SMILES string of the molecule is Cc1[nH]ncc1C(=O)N1CCC(N)C(C)(C)C1.Cl. The molecule has 1 aromatic rings. The van der Waals surface area contributed by atoms with Crippen molar-refractivity contribution in [2.45, 2.75) is 33.2 Å². The van der Waals surface area contributed by atoms with E-state index >= 15 is 0 Å². The summed E-state index contributed by atoms with van der Waals surface area (Å²) in [6, 6.07) is 0.164. The summed E-state index contributed by atoms with van der Waals surface area (Å²) in [5.41, 5.74) is 7.53. The highest BCUT2D eigenvalue weighted by Crippen LogP contribution is 2.28. The molecule has 1 saturated heterocycles. The summed E-state index contributed by atoms with van der Waals surface area (Å²) in [6.45, 7) is 7.52. The predicted octanol–water partition coefficient (Wildman–Crippen LogP) is 1.34. The fraction of sp³-hybridized carbons (Fsp3) is 0.667. The normalized spacial score (nSPS) is 22.4. The Labute approximate surface area is 114 Å². The molecule has 1 fully saturated rings. The lowest BCUT2D eigenvalue weighted by molar-refractivity contribution is 0.0532. The van der Waals surface area contributed by atoms with Crippen LogP contribution in [-0.4, -0.2) is 40.1 Å². The van der Waals surface area contributed by atoms with Gasteiger partial charge < -0.3 is 10.6 Å². The highest BCUT2D eigenvalue weighted by molar-refractivity contribution is 5.95. The summed E-state index contributed by atoms with van der Waals surface area (Å²) >= 11 is 0. The number of hydrogen-bond acceptors (Lipinski definition) is 3. The van der Waals surface area contributed by atoms with E-state index in [2.05, 4.69) is 24.0 Å². The van der Waals surface area contributed by atoms with E-state index < -0.39 is 0 Å². The van der Waals surface area contributed by atoms with Crippen LogP contribution in [0.1, 0.15) is 36.3 Å². The van der Waals surface area contributed by atoms with Gasteiger partial charge in [-0.25, -0.2) is 0 Å². The summed E-state index contributed by atoms with van der Waals surface area (Å²) in [7, 11) is 0. The first-order valence-electron chi connectivity index (χ1n) is 5.96. The molecule has 1 unspecified atom stereocenters. The number of hydrogen-bond donors (Lipinski definition) is 2. The highest BCUT2D eigenvalue weighted by atomic mass is 35.5. The number of aryl methyl sites for hydroxylation is 1. The van der Waals surface area contributed by atoms with Crippen LogP contribution in [0.5, 0.6) is 0 Å². The summed E-state index contributed by atoms with van der Waals surface area (Å²) in [5, 5.41) is 6.69. The van der Waals surface area contributed by atoms with E-state index in [0.717, 1.165) is 18.7 Å². The third kappa shape index (κ3) is 2.67. The molecule has 0 aromatic carbocycles. The van der Waals surface area contributed by atoms with Crippen molar-refractivity contribution >= 4 is 18.3 Å². The van der Waals surface area contributed by atoms with Crippen LogP contribution in [0.3, 0.4) is 0 Å². The minimum absolute atomic E-state index is 0. The molecular weight excluding hydrogens is 252 g/mol. The lowest BCUT2D eigenvalue weighted by Gasteiger charge is -2.42. The molecule has 18 heavy (non-hydrogen) atoms. The number of piperidine rings is 1. The third-order valence-corrected chi connectivity index (χ3v) is 3.66. The third-order valence-electron chi connectivity index (χ3n) is 3.66. The minimum Gasteiger partial charge on any atom is -0.338 e. The van der Waals surface area contributed by atoms with E-state index in [9.17, 15) is 4.79 Å². The van der Waals surface area contributed by atoms with E-state index in [1.54, 1.807) is 6.20 Å². The fourth-order valence-corrected chi connectivity index (χ4v) is 2.28. The number of rotatable bonds is 1. The van der Waals surface area contributed by atoms with Crippen molar-refractivity contribution in [3.05, 3.63) is 17.5 Å². The maximum atomic E-state index is 12.3. The van der Waals surface area contributed by atoms with E-state index in [0.29, 0.717) is 12.1 Å². The van der Waals surface area contributed by atoms with E-state index in [4.69, 9.17) is 5.73 Å². The standard InChI is InChI=1S/C12H20N4O.ClH/c1-8-9(6-14-15-8)11(17)16-5-4-10(13)12(2,3)7-16;/h6,10H,4-5,7,13H2,1-3H3,(H,14,15);1H. The van der Waals surface area contributed by atoms with Gasteiger partial charge in [-0.15, -0.1) is 12.4 Å². The zero-order valence-corrected chi connectivity index (χ0v) is 11.9. The molecule has 102 valence electrons. The number of H-pyrrole nitrogens is 1. The number of carbonyl (C=O) groups is 1. The van der Waals surface area contributed by atoms with E-state index in [1.165, 1.54) is 0 Å². The lowest BCUT2D eigenvalue weighted by atomic mass is 9.79. The van der Waals surface area contributed by atoms with Gasteiger partial charge in [0.05, 0.1) is 11.8 Å². The highest BCUT2D eigenvalue weighted by Gasteiger charge is 2.36. The Morgan fingerprint density at radius 2 is 2.28 bits per heavy atom. The number of nitrogens with two attached hydrogens (primary N) is 1. The minimum atomic E-state index is -0.0223. The van der Waals surface area contributed by atoms with Gasteiger partial charge >= 0.3 is 0 Å². The van der Waals surface area contributed by atoms with Crippen LogP contribution >= 0.6 is 12.4 Å². The molecule has 3 N–H and O–H groups in total. The Balaban J connectivity index is 0.00000162. The molecule has 5 nitrogen and oxygen atoms in total. The van der Waals surface area contributed by atoms with Crippen LogP contribution in [-0.2, 0) is 0 Å². The average Bonchev–Trinajstić information content (AvgIpc) is 2.67. The molecule has 1 atom stereocenters. The van der Waals surface area contributed by atoms with Crippen molar-refractivity contribution in [2.75, 3.05) is 13.1 Å². The second-order valence-electron chi connectivity index (χ2n) is 5.52. The average molecular weight is 273 g/mol. The Kier molecular flexibility index (Phi) is 4.40. The van der Waals surface area contributed by atoms with Gasteiger partial charge in [0.1, 0.15) is 0 Å². The zero-order valence-electron chi connectivity index (χ0n) is 11.1. The van der Waals surface area contributed by atoms with Crippen LogP contribution in [0, 0.1) is 12.3 Å². The van der Waals surface area contributed by atoms with Crippen molar-refractivity contribution in [3.63, 3.8) is 0 Å². The summed E-state index contributed by atoms with van der Waals surface area (Å²) in [5.74, 6) is 0.0521. The van der Waals surface area contributed by atoms with Gasteiger partial charge in [-0.3, -0.25) is 9.89 Å². The van der Waals surface area contributed by atoms with Gasteiger partial charge in [0.2, 0.25) is 0 Å². The van der Waals surface area contributed by atoms with Gasteiger partial charge in [0.25, 0.3) is 5.91 Å². The molecular formula is C12H21ClN4O. The van der Waals surface area contributed by atoms with Crippen LogP contribution in [0.15, 0.2) is 6.20 Å². The quantitative estimate of drug-likeness (QED) is 0.810. The Bertz CT molecular complexity index is 429. The number of carbonyl (C=O) groups excluding carboxylic acids is 1. The smallest absolute Gasteiger partial charge is 0.257 e. The Hall–Kier alpha value is -1.07. The molecule has 2 heterocycles. The van der Waals surface area contributed by atoms with Crippen molar-refractivity contribution in [1.82, 2.24) is 15.1 Å².